The van der Waals surface area contributed by atoms with E-state index < -0.39 is 6.10 Å². The third-order valence-corrected chi connectivity index (χ3v) is 4.33. The lowest BCUT2D eigenvalue weighted by atomic mass is 10.0. The monoisotopic (exact) mass is 326 g/mol. The fourth-order valence-corrected chi connectivity index (χ4v) is 2.84. The number of hydrogen-bond acceptors (Lipinski definition) is 2. The molecular weight excluding hydrogens is 296 g/mol. The van der Waals surface area contributed by atoms with E-state index in [9.17, 15) is 5.11 Å². The van der Waals surface area contributed by atoms with Gasteiger partial charge in [-0.25, -0.2) is 0 Å². The lowest BCUT2D eigenvalue weighted by Crippen LogP contribution is -2.01. The highest BCUT2D eigenvalue weighted by Gasteiger charge is 2.10. The van der Waals surface area contributed by atoms with Gasteiger partial charge in [0.1, 0.15) is 5.75 Å². The fourth-order valence-electron chi connectivity index (χ4n) is 2.84. The molecule has 24 heavy (non-hydrogen) atoms. The first kappa shape index (κ1) is 18.5. The second-order valence-corrected chi connectivity index (χ2v) is 6.41. The first-order valence-corrected chi connectivity index (χ1v) is 9.22. The van der Waals surface area contributed by atoms with E-state index >= 15 is 0 Å². The molecule has 0 radical (unpaired) electrons. The van der Waals surface area contributed by atoms with Crippen LogP contribution in [0.5, 0.6) is 5.75 Å². The molecule has 2 aromatic rings. The second kappa shape index (κ2) is 10.1. The first-order valence-electron chi connectivity index (χ1n) is 9.22. The Morgan fingerprint density at radius 2 is 1.62 bits per heavy atom. The molecule has 1 atom stereocenters. The van der Waals surface area contributed by atoms with Crippen molar-refractivity contribution in [2.45, 2.75) is 58.5 Å². The van der Waals surface area contributed by atoms with Gasteiger partial charge in [-0.1, -0.05) is 81.5 Å². The van der Waals surface area contributed by atoms with Gasteiger partial charge in [0.25, 0.3) is 0 Å². The third-order valence-electron chi connectivity index (χ3n) is 4.33. The highest BCUT2D eigenvalue weighted by Crippen LogP contribution is 2.32. The van der Waals surface area contributed by atoms with E-state index in [1.165, 1.54) is 32.1 Å². The minimum absolute atomic E-state index is 0.480. The standard InChI is InChI=1S/C22H30O2/c1-3-4-5-6-7-11-16-24-22-17-20(18(2)23)14-15-21(22)19-12-9-8-10-13-19/h8-10,12-15,17-18,23H,3-7,11,16H2,1-2H3. The van der Waals surface area contributed by atoms with Crippen LogP contribution >= 0.6 is 0 Å². The molecule has 0 heterocycles. The van der Waals surface area contributed by atoms with Crippen LogP contribution in [0.15, 0.2) is 48.5 Å². The number of aliphatic hydroxyl groups excluding tert-OH is 1. The minimum Gasteiger partial charge on any atom is -0.493 e. The highest BCUT2D eigenvalue weighted by atomic mass is 16.5. The zero-order valence-corrected chi connectivity index (χ0v) is 15.0. The van der Waals surface area contributed by atoms with Crippen molar-refractivity contribution in [1.82, 2.24) is 0 Å². The molecule has 0 aliphatic heterocycles. The summed E-state index contributed by atoms with van der Waals surface area (Å²) in [5, 5.41) is 9.85. The molecule has 1 unspecified atom stereocenters. The molecule has 2 nitrogen and oxygen atoms in total. The molecule has 0 aromatic heterocycles. The summed E-state index contributed by atoms with van der Waals surface area (Å²) in [7, 11) is 0. The topological polar surface area (TPSA) is 29.5 Å². The van der Waals surface area contributed by atoms with Crippen LogP contribution < -0.4 is 4.74 Å². The summed E-state index contributed by atoms with van der Waals surface area (Å²) >= 11 is 0. The second-order valence-electron chi connectivity index (χ2n) is 6.41. The maximum atomic E-state index is 9.85. The Morgan fingerprint density at radius 1 is 0.917 bits per heavy atom. The van der Waals surface area contributed by atoms with Crippen LogP contribution in [-0.4, -0.2) is 11.7 Å². The van der Waals surface area contributed by atoms with Gasteiger partial charge in [0.15, 0.2) is 0 Å². The van der Waals surface area contributed by atoms with Crippen LogP contribution in [0.25, 0.3) is 11.1 Å². The quantitative estimate of drug-likeness (QED) is 0.531. The summed E-state index contributed by atoms with van der Waals surface area (Å²) in [6.45, 7) is 4.76. The maximum absolute atomic E-state index is 9.85. The van der Waals surface area contributed by atoms with E-state index in [0.29, 0.717) is 0 Å². The Bertz CT molecular complexity index is 590. The summed E-state index contributed by atoms with van der Waals surface area (Å²) in [6.07, 6.45) is 7.04. The Labute approximate surface area is 146 Å². The molecule has 0 amide bonds. The van der Waals surface area contributed by atoms with Gasteiger partial charge in [0.2, 0.25) is 0 Å². The van der Waals surface area contributed by atoms with Crippen LogP contribution in [0.2, 0.25) is 0 Å². The summed E-state index contributed by atoms with van der Waals surface area (Å²) in [4.78, 5) is 0. The molecule has 0 aliphatic rings. The maximum Gasteiger partial charge on any atom is 0.127 e. The number of aliphatic hydroxyl groups is 1. The molecule has 2 aromatic carbocycles. The van der Waals surface area contributed by atoms with Crippen LogP contribution in [0.4, 0.5) is 0 Å². The molecule has 2 heteroatoms. The van der Waals surface area contributed by atoms with E-state index in [-0.39, 0.29) is 0 Å². The van der Waals surface area contributed by atoms with Crippen LogP contribution in [0.1, 0.15) is 64.0 Å². The van der Waals surface area contributed by atoms with Gasteiger partial charge in [-0.3, -0.25) is 0 Å². The van der Waals surface area contributed by atoms with Gasteiger partial charge in [0.05, 0.1) is 12.7 Å². The lowest BCUT2D eigenvalue weighted by Gasteiger charge is -2.15. The molecule has 0 fully saturated rings. The first-order chi connectivity index (χ1) is 11.7. The highest BCUT2D eigenvalue weighted by molar-refractivity contribution is 5.71. The largest absolute Gasteiger partial charge is 0.493 e. The normalized spacial score (nSPS) is 12.1. The van der Waals surface area contributed by atoms with Crippen molar-refractivity contribution in [2.75, 3.05) is 6.61 Å². The average molecular weight is 326 g/mol. The summed E-state index contributed by atoms with van der Waals surface area (Å²) in [5.41, 5.74) is 3.13. The van der Waals surface area contributed by atoms with Gasteiger partial charge in [-0.2, -0.15) is 0 Å². The lowest BCUT2D eigenvalue weighted by molar-refractivity contribution is 0.198. The Morgan fingerprint density at radius 3 is 2.33 bits per heavy atom. The Kier molecular flexibility index (Phi) is 7.84. The van der Waals surface area contributed by atoms with Crippen molar-refractivity contribution in [2.24, 2.45) is 0 Å². The van der Waals surface area contributed by atoms with Crippen LogP contribution in [0, 0.1) is 0 Å². The number of unbranched alkanes of at least 4 members (excludes halogenated alkanes) is 5. The molecule has 0 spiro atoms. The number of hydrogen-bond donors (Lipinski definition) is 1. The zero-order chi connectivity index (χ0) is 17.2. The smallest absolute Gasteiger partial charge is 0.127 e. The average Bonchev–Trinajstić information content (AvgIpc) is 2.61. The van der Waals surface area contributed by atoms with Crippen molar-refractivity contribution in [3.63, 3.8) is 0 Å². The molecule has 0 bridgehead atoms. The van der Waals surface area contributed by atoms with E-state index in [1.54, 1.807) is 6.92 Å². The van der Waals surface area contributed by atoms with Gasteiger partial charge in [-0.05, 0) is 30.5 Å². The third kappa shape index (κ3) is 5.68. The van der Waals surface area contributed by atoms with E-state index in [2.05, 4.69) is 19.1 Å². The van der Waals surface area contributed by atoms with Crippen molar-refractivity contribution in [3.05, 3.63) is 54.1 Å². The summed E-state index contributed by atoms with van der Waals surface area (Å²) < 4.78 is 6.08. The Balaban J connectivity index is 2.01. The zero-order valence-electron chi connectivity index (χ0n) is 15.0. The van der Waals surface area contributed by atoms with Gasteiger partial charge >= 0.3 is 0 Å². The molecule has 0 aliphatic carbocycles. The predicted molar refractivity (Wildman–Crippen MR) is 101 cm³/mol. The predicted octanol–water partition coefficient (Wildman–Crippen LogP) is 6.15. The van der Waals surface area contributed by atoms with Crippen molar-refractivity contribution >= 4 is 0 Å². The van der Waals surface area contributed by atoms with Gasteiger partial charge in [-0.15, -0.1) is 0 Å². The van der Waals surface area contributed by atoms with E-state index in [4.69, 9.17) is 4.74 Å². The van der Waals surface area contributed by atoms with Gasteiger partial charge < -0.3 is 9.84 Å². The molecule has 2 rings (SSSR count). The molecule has 0 saturated carbocycles. The number of rotatable bonds is 10. The number of ether oxygens (including phenoxy) is 1. The van der Waals surface area contributed by atoms with Gasteiger partial charge in [0, 0.05) is 5.56 Å². The summed E-state index contributed by atoms with van der Waals surface area (Å²) in [6, 6.07) is 16.3. The van der Waals surface area contributed by atoms with Crippen LogP contribution in [-0.2, 0) is 0 Å². The molecular formula is C22H30O2. The van der Waals surface area contributed by atoms with E-state index in [1.807, 2.05) is 36.4 Å². The molecule has 1 N–H and O–H groups in total. The molecule has 130 valence electrons. The fraction of sp³-hybridized carbons (Fsp3) is 0.455. The summed E-state index contributed by atoms with van der Waals surface area (Å²) in [5.74, 6) is 0.869. The van der Waals surface area contributed by atoms with E-state index in [0.717, 1.165) is 35.5 Å². The Hall–Kier alpha value is -1.80. The minimum atomic E-state index is -0.480. The number of benzene rings is 2. The SMILES string of the molecule is CCCCCCCCOc1cc(C(C)O)ccc1-c1ccccc1. The molecule has 0 saturated heterocycles. The van der Waals surface area contributed by atoms with Crippen LogP contribution in [0.3, 0.4) is 0 Å². The van der Waals surface area contributed by atoms with Crippen molar-refractivity contribution in [3.8, 4) is 16.9 Å². The van der Waals surface area contributed by atoms with Crippen molar-refractivity contribution in [1.29, 1.82) is 0 Å². The van der Waals surface area contributed by atoms with Crippen molar-refractivity contribution < 1.29 is 9.84 Å².